The first-order valence-electron chi connectivity index (χ1n) is 9.88. The number of hydrogen-bond acceptors (Lipinski definition) is 5. The highest BCUT2D eigenvalue weighted by atomic mass is 16.1. The molecule has 1 aromatic carbocycles. The van der Waals surface area contributed by atoms with Crippen LogP contribution in [0.1, 0.15) is 21.5 Å². The molecular weight excluding hydrogens is 362 g/mol. The first kappa shape index (κ1) is 19.1. The maximum Gasteiger partial charge on any atom is 0.255 e. The number of piperazine rings is 1. The molecule has 1 N–H and O–H groups in total. The van der Waals surface area contributed by atoms with Gasteiger partial charge in [-0.15, -0.1) is 0 Å². The fourth-order valence-corrected chi connectivity index (χ4v) is 3.44. The summed E-state index contributed by atoms with van der Waals surface area (Å²) in [7, 11) is 0. The van der Waals surface area contributed by atoms with E-state index in [1.54, 1.807) is 6.20 Å². The number of anilines is 2. The van der Waals surface area contributed by atoms with E-state index in [4.69, 9.17) is 0 Å². The number of hydrogen-bond donors (Lipinski definition) is 1. The third kappa shape index (κ3) is 4.97. The summed E-state index contributed by atoms with van der Waals surface area (Å²) in [6.07, 6.45) is 5.41. The minimum Gasteiger partial charge on any atom is -0.354 e. The number of benzene rings is 1. The van der Waals surface area contributed by atoms with E-state index in [-0.39, 0.29) is 5.91 Å². The van der Waals surface area contributed by atoms with Gasteiger partial charge in [-0.2, -0.15) is 0 Å². The van der Waals surface area contributed by atoms with Gasteiger partial charge in [0.05, 0.1) is 11.9 Å². The van der Waals surface area contributed by atoms with Crippen molar-refractivity contribution in [3.05, 3.63) is 83.8 Å². The molecule has 6 nitrogen and oxygen atoms in total. The maximum absolute atomic E-state index is 12.3. The minimum absolute atomic E-state index is 0.121. The van der Waals surface area contributed by atoms with Gasteiger partial charge in [-0.3, -0.25) is 14.7 Å². The van der Waals surface area contributed by atoms with Crippen LogP contribution in [0.25, 0.3) is 0 Å². The van der Waals surface area contributed by atoms with Crippen LogP contribution in [-0.4, -0.2) is 47.0 Å². The summed E-state index contributed by atoms with van der Waals surface area (Å²) in [5.41, 5.74) is 3.77. The van der Waals surface area contributed by atoms with E-state index in [1.807, 2.05) is 55.7 Å². The first-order valence-corrected chi connectivity index (χ1v) is 9.88. The molecule has 0 saturated carbocycles. The molecule has 0 spiro atoms. The van der Waals surface area contributed by atoms with Crippen molar-refractivity contribution in [1.29, 1.82) is 0 Å². The molecule has 1 fully saturated rings. The fraction of sp³-hybridized carbons (Fsp3) is 0.261. The summed E-state index contributed by atoms with van der Waals surface area (Å²) < 4.78 is 0. The molecule has 1 amide bonds. The molecule has 1 aliphatic heterocycles. The summed E-state index contributed by atoms with van der Waals surface area (Å²) >= 11 is 0. The highest BCUT2D eigenvalue weighted by Crippen LogP contribution is 2.18. The number of aryl methyl sites for hydroxylation is 1. The summed E-state index contributed by atoms with van der Waals surface area (Å²) in [6.45, 7) is 6.82. The van der Waals surface area contributed by atoms with Crippen LogP contribution in [0.5, 0.6) is 0 Å². The van der Waals surface area contributed by atoms with Crippen LogP contribution in [-0.2, 0) is 6.54 Å². The Kier molecular flexibility index (Phi) is 5.81. The van der Waals surface area contributed by atoms with Gasteiger partial charge in [-0.1, -0.05) is 17.7 Å². The van der Waals surface area contributed by atoms with Crippen molar-refractivity contribution in [3.8, 4) is 0 Å². The van der Waals surface area contributed by atoms with Crippen molar-refractivity contribution in [3.63, 3.8) is 0 Å². The van der Waals surface area contributed by atoms with E-state index in [0.717, 1.165) is 44.1 Å². The van der Waals surface area contributed by atoms with Gasteiger partial charge in [0.2, 0.25) is 0 Å². The second-order valence-electron chi connectivity index (χ2n) is 7.34. The first-order chi connectivity index (χ1) is 14.2. The predicted octanol–water partition coefficient (Wildman–Crippen LogP) is 3.36. The Bertz CT molecular complexity index is 933. The fourth-order valence-electron chi connectivity index (χ4n) is 3.44. The van der Waals surface area contributed by atoms with Gasteiger partial charge < -0.3 is 10.2 Å². The second-order valence-corrected chi connectivity index (χ2v) is 7.34. The topological polar surface area (TPSA) is 61.4 Å². The molecule has 1 aliphatic rings. The molecule has 0 radical (unpaired) electrons. The number of aromatic nitrogens is 2. The Hall–Kier alpha value is -3.25. The molecule has 6 heteroatoms. The van der Waals surface area contributed by atoms with Gasteiger partial charge in [0.1, 0.15) is 5.82 Å². The predicted molar refractivity (Wildman–Crippen MR) is 115 cm³/mol. The van der Waals surface area contributed by atoms with Gasteiger partial charge in [0, 0.05) is 50.7 Å². The largest absolute Gasteiger partial charge is 0.354 e. The van der Waals surface area contributed by atoms with Crippen molar-refractivity contribution in [1.82, 2.24) is 14.9 Å². The summed E-state index contributed by atoms with van der Waals surface area (Å²) in [5.74, 6) is 0.825. The normalized spacial score (nSPS) is 14.6. The zero-order chi connectivity index (χ0) is 20.1. The van der Waals surface area contributed by atoms with Crippen LogP contribution >= 0.6 is 0 Å². The lowest BCUT2D eigenvalue weighted by Crippen LogP contribution is -2.46. The highest BCUT2D eigenvalue weighted by molar-refractivity contribution is 6.04. The molecule has 0 bridgehead atoms. The number of nitrogens with zero attached hydrogens (tertiary/aromatic N) is 4. The van der Waals surface area contributed by atoms with E-state index in [2.05, 4.69) is 37.2 Å². The standard InChI is InChI=1S/C23H25N5O/c1-18-2-4-20(5-3-18)23(29)26-21-6-7-22(25-16-21)28-14-12-27(13-15-28)17-19-8-10-24-11-9-19/h2-11,16H,12-15,17H2,1H3,(H,26,29). The van der Waals surface area contributed by atoms with Crippen molar-refractivity contribution < 1.29 is 4.79 Å². The van der Waals surface area contributed by atoms with Crippen LogP contribution in [0.2, 0.25) is 0 Å². The number of pyridine rings is 2. The maximum atomic E-state index is 12.3. The van der Waals surface area contributed by atoms with E-state index in [1.165, 1.54) is 5.56 Å². The summed E-state index contributed by atoms with van der Waals surface area (Å²) in [4.78, 5) is 25.7. The van der Waals surface area contributed by atoms with Gasteiger partial charge in [-0.25, -0.2) is 4.98 Å². The monoisotopic (exact) mass is 387 g/mol. The van der Waals surface area contributed by atoms with E-state index < -0.39 is 0 Å². The molecule has 3 heterocycles. The Morgan fingerprint density at radius 1 is 0.966 bits per heavy atom. The SMILES string of the molecule is Cc1ccc(C(=O)Nc2ccc(N3CCN(Cc4ccncc4)CC3)nc2)cc1. The number of carbonyl (C=O) groups is 1. The highest BCUT2D eigenvalue weighted by Gasteiger charge is 2.18. The number of carbonyl (C=O) groups excluding carboxylic acids is 1. The quantitative estimate of drug-likeness (QED) is 0.727. The number of nitrogens with one attached hydrogen (secondary N) is 1. The molecule has 3 aromatic rings. The average Bonchev–Trinajstić information content (AvgIpc) is 2.76. The van der Waals surface area contributed by atoms with Gasteiger partial charge in [0.15, 0.2) is 0 Å². The Morgan fingerprint density at radius 2 is 1.69 bits per heavy atom. The molecule has 0 aliphatic carbocycles. The summed E-state index contributed by atoms with van der Waals surface area (Å²) in [5, 5.41) is 2.91. The lowest BCUT2D eigenvalue weighted by molar-refractivity contribution is 0.102. The van der Waals surface area contributed by atoms with Gasteiger partial charge in [0.25, 0.3) is 5.91 Å². The molecule has 148 valence electrons. The lowest BCUT2D eigenvalue weighted by Gasteiger charge is -2.35. The van der Waals surface area contributed by atoms with Gasteiger partial charge >= 0.3 is 0 Å². The zero-order valence-corrected chi connectivity index (χ0v) is 16.6. The zero-order valence-electron chi connectivity index (χ0n) is 16.6. The number of rotatable bonds is 5. The van der Waals surface area contributed by atoms with Crippen molar-refractivity contribution in [2.75, 3.05) is 36.4 Å². The Balaban J connectivity index is 1.30. The number of amides is 1. The van der Waals surface area contributed by atoms with Crippen LogP contribution in [0.4, 0.5) is 11.5 Å². The molecule has 0 atom stereocenters. The lowest BCUT2D eigenvalue weighted by atomic mass is 10.1. The third-order valence-electron chi connectivity index (χ3n) is 5.17. The smallest absolute Gasteiger partial charge is 0.255 e. The Labute approximate surface area is 171 Å². The molecule has 4 rings (SSSR count). The van der Waals surface area contributed by atoms with E-state index in [9.17, 15) is 4.79 Å². The molecular formula is C23H25N5O. The van der Waals surface area contributed by atoms with Crippen LogP contribution in [0, 0.1) is 6.92 Å². The minimum atomic E-state index is -0.121. The van der Waals surface area contributed by atoms with Crippen LogP contribution < -0.4 is 10.2 Å². The van der Waals surface area contributed by atoms with Crippen molar-refractivity contribution in [2.45, 2.75) is 13.5 Å². The van der Waals surface area contributed by atoms with Crippen LogP contribution in [0.3, 0.4) is 0 Å². The van der Waals surface area contributed by atoms with E-state index >= 15 is 0 Å². The third-order valence-corrected chi connectivity index (χ3v) is 5.17. The van der Waals surface area contributed by atoms with Gasteiger partial charge in [-0.05, 0) is 48.9 Å². The Morgan fingerprint density at radius 3 is 2.34 bits per heavy atom. The average molecular weight is 387 g/mol. The molecule has 2 aromatic heterocycles. The van der Waals surface area contributed by atoms with E-state index in [0.29, 0.717) is 11.3 Å². The summed E-state index contributed by atoms with van der Waals surface area (Å²) in [6, 6.07) is 15.6. The molecule has 29 heavy (non-hydrogen) atoms. The molecule has 0 unspecified atom stereocenters. The van der Waals surface area contributed by atoms with Crippen LogP contribution in [0.15, 0.2) is 67.1 Å². The second kappa shape index (κ2) is 8.84. The molecule has 1 saturated heterocycles. The van der Waals surface area contributed by atoms with Crippen molar-refractivity contribution in [2.24, 2.45) is 0 Å². The van der Waals surface area contributed by atoms with Crippen molar-refractivity contribution >= 4 is 17.4 Å².